The molecule has 3 N–H and O–H groups in total. The molecule has 0 heterocycles. The molecule has 0 fully saturated rings. The molecule has 0 spiro atoms. The SMILES string of the molecule is CCCCCC/C=C\CCCCCCCC(=O)OCCCCCCCCCCC/C=C\C/C=C\CCCCCCCCCCCCCCCCCC(=O)NC(CO)C(O)/C=C/CCCCCCCCCCCCCCCCC. The molecule has 0 rings (SSSR count). The molecule has 2 unspecified atom stereocenters. The van der Waals surface area contributed by atoms with E-state index in [0.29, 0.717) is 19.4 Å². The molecule has 0 aliphatic heterocycles. The lowest BCUT2D eigenvalue weighted by atomic mass is 10.0. The second-order valence-corrected chi connectivity index (χ2v) is 23.9. The van der Waals surface area contributed by atoms with E-state index in [1.54, 1.807) is 6.08 Å². The minimum atomic E-state index is -0.845. The van der Waals surface area contributed by atoms with Crippen LogP contribution in [0.25, 0.3) is 0 Å². The van der Waals surface area contributed by atoms with Crippen LogP contribution in [0.2, 0.25) is 0 Å². The van der Waals surface area contributed by atoms with Gasteiger partial charge in [0.05, 0.1) is 25.4 Å². The standard InChI is InChI=1S/C72H135NO5/c1-3-5-7-9-11-13-15-17-18-34-37-41-44-48-52-56-60-64-70(75)69(68-74)73-71(76)65-61-57-53-49-45-42-38-35-32-30-28-26-24-22-20-19-21-23-25-27-29-31-33-36-39-43-47-51-55-59-63-67-78-72(77)66-62-58-54-50-46-40-16-14-12-10-8-6-4-2/h14,16,21,23,27,29,60,64,69-70,74-75H,3-13,15,17-20,22,24-26,28,30-59,61-63,65-68H2,1-2H3,(H,73,76)/b16-14-,23-21-,29-27-,64-60+. The maximum absolute atomic E-state index is 12.5. The predicted octanol–water partition coefficient (Wildman–Crippen LogP) is 22.5. The maximum Gasteiger partial charge on any atom is 0.305 e. The normalized spacial score (nSPS) is 12.8. The van der Waals surface area contributed by atoms with E-state index in [9.17, 15) is 19.8 Å². The third-order valence-electron chi connectivity index (χ3n) is 16.1. The molecule has 0 aromatic rings. The van der Waals surface area contributed by atoms with Crippen molar-refractivity contribution in [1.82, 2.24) is 5.32 Å². The molecule has 1 amide bonds. The first-order chi connectivity index (χ1) is 38.5. The first-order valence-corrected chi connectivity index (χ1v) is 34.9. The molecule has 0 aromatic heterocycles. The molecule has 0 aromatic carbocycles. The fourth-order valence-corrected chi connectivity index (χ4v) is 10.7. The lowest BCUT2D eigenvalue weighted by molar-refractivity contribution is -0.143. The number of hydrogen-bond acceptors (Lipinski definition) is 5. The predicted molar refractivity (Wildman–Crippen MR) is 342 cm³/mol. The van der Waals surface area contributed by atoms with E-state index in [0.717, 1.165) is 51.4 Å². The van der Waals surface area contributed by atoms with Gasteiger partial charge < -0.3 is 20.3 Å². The number of nitrogens with one attached hydrogen (secondary N) is 1. The van der Waals surface area contributed by atoms with Crippen LogP contribution in [-0.2, 0) is 14.3 Å². The second kappa shape index (κ2) is 67.3. The summed E-state index contributed by atoms with van der Waals surface area (Å²) in [7, 11) is 0. The molecule has 0 saturated heterocycles. The summed E-state index contributed by atoms with van der Waals surface area (Å²) in [5.74, 6) is -0.0615. The summed E-state index contributed by atoms with van der Waals surface area (Å²) in [4.78, 5) is 24.5. The Morgan fingerprint density at radius 2 is 0.641 bits per heavy atom. The molecule has 2 atom stereocenters. The zero-order valence-corrected chi connectivity index (χ0v) is 52.4. The first-order valence-electron chi connectivity index (χ1n) is 34.9. The summed E-state index contributed by atoms with van der Waals surface area (Å²) in [5, 5.41) is 23.2. The lowest BCUT2D eigenvalue weighted by Crippen LogP contribution is -2.45. The molecule has 0 saturated carbocycles. The highest BCUT2D eigenvalue weighted by Crippen LogP contribution is 2.18. The number of amides is 1. The van der Waals surface area contributed by atoms with Crippen LogP contribution in [0.3, 0.4) is 0 Å². The van der Waals surface area contributed by atoms with Crippen LogP contribution in [0.1, 0.15) is 373 Å². The van der Waals surface area contributed by atoms with E-state index >= 15 is 0 Å². The molecular formula is C72H135NO5. The number of ether oxygens (including phenoxy) is 1. The summed E-state index contributed by atoms with van der Waals surface area (Å²) < 4.78 is 5.47. The van der Waals surface area contributed by atoms with Gasteiger partial charge in [0.1, 0.15) is 0 Å². The molecule has 78 heavy (non-hydrogen) atoms. The quantitative estimate of drug-likeness (QED) is 0.0320. The van der Waals surface area contributed by atoms with E-state index in [1.165, 1.54) is 295 Å². The number of allylic oxidation sites excluding steroid dienone is 7. The highest BCUT2D eigenvalue weighted by Gasteiger charge is 2.18. The number of carbonyl (C=O) groups is 2. The number of esters is 1. The third-order valence-corrected chi connectivity index (χ3v) is 16.1. The van der Waals surface area contributed by atoms with Crippen LogP contribution in [0.4, 0.5) is 0 Å². The van der Waals surface area contributed by atoms with E-state index in [-0.39, 0.29) is 18.5 Å². The van der Waals surface area contributed by atoms with Gasteiger partial charge in [-0.05, 0) is 89.9 Å². The Kier molecular flexibility index (Phi) is 65.4. The Morgan fingerprint density at radius 1 is 0.359 bits per heavy atom. The molecular weight excluding hydrogens is 959 g/mol. The fraction of sp³-hybridized carbons (Fsp3) is 0.861. The van der Waals surface area contributed by atoms with Crippen LogP contribution in [-0.4, -0.2) is 47.4 Å². The zero-order valence-electron chi connectivity index (χ0n) is 52.4. The summed E-state index contributed by atoms with van der Waals surface area (Å²) >= 11 is 0. The van der Waals surface area contributed by atoms with Gasteiger partial charge in [-0.3, -0.25) is 9.59 Å². The van der Waals surface area contributed by atoms with Crippen molar-refractivity contribution in [2.24, 2.45) is 0 Å². The molecule has 6 heteroatoms. The largest absolute Gasteiger partial charge is 0.466 e. The number of hydrogen-bond donors (Lipinski definition) is 3. The Bertz CT molecular complexity index is 1310. The van der Waals surface area contributed by atoms with Crippen molar-refractivity contribution in [2.75, 3.05) is 13.2 Å². The maximum atomic E-state index is 12.5. The Labute approximate surface area is 486 Å². The van der Waals surface area contributed by atoms with Gasteiger partial charge >= 0.3 is 5.97 Å². The average molecular weight is 1090 g/mol. The highest BCUT2D eigenvalue weighted by atomic mass is 16.5. The van der Waals surface area contributed by atoms with Crippen molar-refractivity contribution < 1.29 is 24.5 Å². The average Bonchev–Trinajstić information content (AvgIpc) is 3.44. The topological polar surface area (TPSA) is 95.9 Å². The number of aliphatic hydroxyl groups excluding tert-OH is 2. The van der Waals surface area contributed by atoms with Crippen molar-refractivity contribution >= 4 is 11.9 Å². The van der Waals surface area contributed by atoms with E-state index in [1.807, 2.05) is 6.08 Å². The van der Waals surface area contributed by atoms with Crippen molar-refractivity contribution in [3.8, 4) is 0 Å². The third kappa shape index (κ3) is 63.0. The van der Waals surface area contributed by atoms with Gasteiger partial charge in [0.15, 0.2) is 0 Å². The monoisotopic (exact) mass is 1090 g/mol. The highest BCUT2D eigenvalue weighted by molar-refractivity contribution is 5.76. The van der Waals surface area contributed by atoms with E-state index < -0.39 is 12.1 Å². The summed E-state index contributed by atoms with van der Waals surface area (Å²) in [5.41, 5.74) is 0. The van der Waals surface area contributed by atoms with Gasteiger partial charge in [-0.25, -0.2) is 0 Å². The summed E-state index contributed by atoms with van der Waals surface area (Å²) in [6.45, 7) is 4.91. The Hall–Kier alpha value is -2.18. The van der Waals surface area contributed by atoms with Crippen LogP contribution < -0.4 is 5.32 Å². The minimum Gasteiger partial charge on any atom is -0.466 e. The molecule has 0 radical (unpaired) electrons. The number of aliphatic hydroxyl groups is 2. The Morgan fingerprint density at radius 3 is 1.00 bits per heavy atom. The van der Waals surface area contributed by atoms with Crippen molar-refractivity contribution in [2.45, 2.75) is 386 Å². The Balaban J connectivity index is 3.42. The minimum absolute atomic E-state index is 0.00360. The van der Waals surface area contributed by atoms with Crippen LogP contribution in [0.5, 0.6) is 0 Å². The number of carbonyl (C=O) groups excluding carboxylic acids is 2. The molecule has 458 valence electrons. The lowest BCUT2D eigenvalue weighted by Gasteiger charge is -2.20. The van der Waals surface area contributed by atoms with E-state index in [4.69, 9.17) is 4.74 Å². The molecule has 0 aliphatic carbocycles. The van der Waals surface area contributed by atoms with E-state index in [2.05, 4.69) is 55.6 Å². The van der Waals surface area contributed by atoms with Crippen molar-refractivity contribution in [1.29, 1.82) is 0 Å². The fourth-order valence-electron chi connectivity index (χ4n) is 10.7. The van der Waals surface area contributed by atoms with Crippen LogP contribution >= 0.6 is 0 Å². The van der Waals surface area contributed by atoms with Gasteiger partial charge in [0.25, 0.3) is 0 Å². The zero-order chi connectivity index (χ0) is 56.4. The second-order valence-electron chi connectivity index (χ2n) is 23.9. The van der Waals surface area contributed by atoms with Crippen LogP contribution in [0, 0.1) is 0 Å². The van der Waals surface area contributed by atoms with Gasteiger partial charge in [0, 0.05) is 12.8 Å². The first kappa shape index (κ1) is 75.8. The summed E-state index contributed by atoms with van der Waals surface area (Å²) in [6, 6.07) is -0.628. The number of unbranched alkanes of at least 4 members (excludes halogenated alkanes) is 48. The molecule has 6 nitrogen and oxygen atoms in total. The van der Waals surface area contributed by atoms with Gasteiger partial charge in [-0.1, -0.05) is 319 Å². The number of rotatable bonds is 65. The molecule has 0 aliphatic rings. The summed E-state index contributed by atoms with van der Waals surface area (Å²) in [6.07, 6.45) is 87.6. The van der Waals surface area contributed by atoms with Gasteiger partial charge in [-0.15, -0.1) is 0 Å². The van der Waals surface area contributed by atoms with Gasteiger partial charge in [0.2, 0.25) is 5.91 Å². The van der Waals surface area contributed by atoms with Gasteiger partial charge in [-0.2, -0.15) is 0 Å². The van der Waals surface area contributed by atoms with Crippen molar-refractivity contribution in [3.63, 3.8) is 0 Å². The molecule has 0 bridgehead atoms. The van der Waals surface area contributed by atoms with Crippen LogP contribution in [0.15, 0.2) is 48.6 Å². The smallest absolute Gasteiger partial charge is 0.305 e. The van der Waals surface area contributed by atoms with Crippen molar-refractivity contribution in [3.05, 3.63) is 48.6 Å².